The maximum Gasteiger partial charge on any atom is 0.217 e. The Balaban J connectivity index is 1.24. The summed E-state index contributed by atoms with van der Waals surface area (Å²) in [6, 6.07) is 18.7. The van der Waals surface area contributed by atoms with E-state index in [1.54, 1.807) is 7.11 Å². The molecule has 0 unspecified atom stereocenters. The van der Waals surface area contributed by atoms with E-state index < -0.39 is 0 Å². The number of methoxy groups -OCH3 is 1. The largest absolute Gasteiger partial charge is 0.497 e. The van der Waals surface area contributed by atoms with Crippen LogP contribution in [-0.2, 0) is 13.1 Å². The number of hydrogen-bond acceptors (Lipinski definition) is 4. The van der Waals surface area contributed by atoms with Crippen LogP contribution in [0.3, 0.4) is 0 Å². The Kier molecular flexibility index (Phi) is 7.33. The van der Waals surface area contributed by atoms with E-state index in [0.29, 0.717) is 4.77 Å². The van der Waals surface area contributed by atoms with E-state index in [4.69, 9.17) is 17.0 Å². The van der Waals surface area contributed by atoms with E-state index in [9.17, 15) is 0 Å². The molecule has 0 radical (unpaired) electrons. The Hall–Kier alpha value is -2.70. The third-order valence-corrected chi connectivity index (χ3v) is 6.29. The highest BCUT2D eigenvalue weighted by molar-refractivity contribution is 7.71. The van der Waals surface area contributed by atoms with Crippen molar-refractivity contribution in [2.45, 2.75) is 32.4 Å². The van der Waals surface area contributed by atoms with Crippen molar-refractivity contribution < 1.29 is 4.74 Å². The molecule has 1 aliphatic heterocycles. The van der Waals surface area contributed by atoms with E-state index in [1.165, 1.54) is 24.8 Å². The zero-order chi connectivity index (χ0) is 21.5. The fourth-order valence-electron chi connectivity index (χ4n) is 4.06. The van der Waals surface area contributed by atoms with Crippen LogP contribution < -0.4 is 4.74 Å². The van der Waals surface area contributed by atoms with E-state index in [-0.39, 0.29) is 0 Å². The smallest absolute Gasteiger partial charge is 0.217 e. The van der Waals surface area contributed by atoms with Gasteiger partial charge in [-0.05, 0) is 73.2 Å². The van der Waals surface area contributed by atoms with Gasteiger partial charge in [-0.2, -0.15) is 4.98 Å². The number of likely N-dealkylation sites (tertiary alicyclic amines) is 1. The van der Waals surface area contributed by atoms with Gasteiger partial charge in [0.05, 0.1) is 13.8 Å². The highest BCUT2D eigenvalue weighted by atomic mass is 32.1. The van der Waals surface area contributed by atoms with Crippen LogP contribution in [0.2, 0.25) is 0 Å². The first-order valence-corrected chi connectivity index (χ1v) is 11.4. The summed E-state index contributed by atoms with van der Waals surface area (Å²) in [7, 11) is 1.71. The molecule has 1 N–H and O–H groups in total. The Morgan fingerprint density at radius 2 is 1.81 bits per heavy atom. The molecular formula is C25H30N4OS. The van der Waals surface area contributed by atoms with Crippen molar-refractivity contribution in [3.8, 4) is 5.75 Å². The van der Waals surface area contributed by atoms with Crippen LogP contribution in [0.1, 0.15) is 36.2 Å². The highest BCUT2D eigenvalue weighted by Gasteiger charge is 2.19. The summed E-state index contributed by atoms with van der Waals surface area (Å²) >= 11 is 5.46. The molecule has 0 saturated carbocycles. The molecule has 5 nitrogen and oxygen atoms in total. The number of aromatic nitrogens is 3. The third kappa shape index (κ3) is 6.15. The molecule has 3 aromatic rings. The number of piperidine rings is 1. The number of aromatic amines is 1. The minimum absolute atomic E-state index is 0.606. The maximum absolute atomic E-state index is 5.46. The lowest BCUT2D eigenvalue weighted by atomic mass is 9.91. The summed E-state index contributed by atoms with van der Waals surface area (Å²) in [4.78, 5) is 6.94. The van der Waals surface area contributed by atoms with Crippen molar-refractivity contribution in [2.75, 3.05) is 20.2 Å². The maximum atomic E-state index is 5.46. The second-order valence-corrected chi connectivity index (χ2v) is 8.52. The monoisotopic (exact) mass is 434 g/mol. The molecule has 4 rings (SSSR count). The lowest BCUT2D eigenvalue weighted by Crippen LogP contribution is -2.35. The first kappa shape index (κ1) is 21.5. The predicted octanol–water partition coefficient (Wildman–Crippen LogP) is 5.42. The quantitative estimate of drug-likeness (QED) is 0.481. The summed E-state index contributed by atoms with van der Waals surface area (Å²) in [5, 5.41) is 3.33. The van der Waals surface area contributed by atoms with E-state index >= 15 is 0 Å². The molecule has 1 aliphatic rings. The van der Waals surface area contributed by atoms with Crippen molar-refractivity contribution in [1.82, 2.24) is 19.7 Å². The first-order valence-electron chi connectivity index (χ1n) is 10.9. The van der Waals surface area contributed by atoms with Gasteiger partial charge in [0, 0.05) is 13.1 Å². The van der Waals surface area contributed by atoms with Gasteiger partial charge in [-0.3, -0.25) is 10.00 Å². The number of hydrogen-bond donors (Lipinski definition) is 1. The molecule has 6 heteroatoms. The molecule has 0 bridgehead atoms. The number of nitrogens with one attached hydrogen (secondary N) is 1. The standard InChI is InChI=1S/C25H30N4OS/c1-30-23-12-9-21(10-13-23)7-8-22-15-17-28(18-16-22)19-29-25(31)26-24(27-29)14-11-20-5-3-2-4-6-20/h2-6,9-14,22H,7-8,15-19H2,1H3,(H,26,27,31)/b14-11+. The molecule has 0 atom stereocenters. The van der Waals surface area contributed by atoms with Crippen molar-refractivity contribution >= 4 is 24.4 Å². The number of H-pyrrole nitrogens is 1. The van der Waals surface area contributed by atoms with Crippen molar-refractivity contribution in [3.63, 3.8) is 0 Å². The minimum atomic E-state index is 0.606. The molecule has 2 heterocycles. The topological polar surface area (TPSA) is 46.1 Å². The molecule has 2 aromatic carbocycles. The fourth-order valence-corrected chi connectivity index (χ4v) is 4.27. The van der Waals surface area contributed by atoms with Gasteiger partial charge >= 0.3 is 0 Å². The van der Waals surface area contributed by atoms with Gasteiger partial charge in [0.25, 0.3) is 0 Å². The number of ether oxygens (including phenoxy) is 1. The van der Waals surface area contributed by atoms with Gasteiger partial charge in [-0.15, -0.1) is 0 Å². The molecule has 1 aromatic heterocycles. The van der Waals surface area contributed by atoms with E-state index in [0.717, 1.165) is 49.2 Å². The second-order valence-electron chi connectivity index (χ2n) is 8.15. The van der Waals surface area contributed by atoms with Crippen LogP contribution in [0.25, 0.3) is 12.2 Å². The van der Waals surface area contributed by atoms with E-state index in [1.807, 2.05) is 35.0 Å². The fraction of sp³-hybridized carbons (Fsp3) is 0.360. The Morgan fingerprint density at radius 3 is 2.52 bits per heavy atom. The van der Waals surface area contributed by atoms with Gasteiger partial charge in [-0.25, -0.2) is 4.68 Å². The zero-order valence-corrected chi connectivity index (χ0v) is 18.9. The van der Waals surface area contributed by atoms with Crippen LogP contribution in [0.4, 0.5) is 0 Å². The van der Waals surface area contributed by atoms with Gasteiger partial charge in [-0.1, -0.05) is 48.5 Å². The first-order chi connectivity index (χ1) is 15.2. The van der Waals surface area contributed by atoms with Crippen LogP contribution in [0.5, 0.6) is 5.75 Å². The predicted molar refractivity (Wildman–Crippen MR) is 128 cm³/mol. The second kappa shape index (κ2) is 10.6. The highest BCUT2D eigenvalue weighted by Crippen LogP contribution is 2.23. The summed E-state index contributed by atoms with van der Waals surface area (Å²) in [6.07, 6.45) is 8.88. The molecule has 0 amide bonds. The number of benzene rings is 2. The Labute approximate surface area is 189 Å². The average Bonchev–Trinajstić information content (AvgIpc) is 3.17. The average molecular weight is 435 g/mol. The molecule has 31 heavy (non-hydrogen) atoms. The summed E-state index contributed by atoms with van der Waals surface area (Å²) < 4.78 is 7.82. The van der Waals surface area contributed by atoms with Gasteiger partial charge in [0.1, 0.15) is 11.6 Å². The van der Waals surface area contributed by atoms with Gasteiger partial charge in [0.15, 0.2) is 0 Å². The van der Waals surface area contributed by atoms with Crippen LogP contribution in [0, 0.1) is 10.7 Å². The van der Waals surface area contributed by atoms with Crippen LogP contribution in [0.15, 0.2) is 54.6 Å². The molecule has 162 valence electrons. The van der Waals surface area contributed by atoms with Crippen molar-refractivity contribution in [3.05, 3.63) is 76.3 Å². The van der Waals surface area contributed by atoms with Gasteiger partial charge in [0.2, 0.25) is 4.77 Å². The number of rotatable bonds is 8. The SMILES string of the molecule is COc1ccc(CCC2CCN(Cn3[nH]c(/C=C/c4ccccc4)nc3=S)CC2)cc1. The lowest BCUT2D eigenvalue weighted by molar-refractivity contribution is 0.137. The Bertz CT molecular complexity index is 1030. The zero-order valence-electron chi connectivity index (χ0n) is 18.0. The molecular weight excluding hydrogens is 404 g/mol. The molecule has 0 spiro atoms. The third-order valence-electron chi connectivity index (χ3n) is 5.98. The normalized spacial score (nSPS) is 15.5. The minimum Gasteiger partial charge on any atom is -0.497 e. The Morgan fingerprint density at radius 1 is 1.06 bits per heavy atom. The van der Waals surface area contributed by atoms with Crippen LogP contribution >= 0.6 is 12.2 Å². The molecule has 1 fully saturated rings. The van der Waals surface area contributed by atoms with Crippen molar-refractivity contribution in [2.24, 2.45) is 5.92 Å². The molecule has 0 aliphatic carbocycles. The van der Waals surface area contributed by atoms with Crippen LogP contribution in [-0.4, -0.2) is 39.9 Å². The summed E-state index contributed by atoms with van der Waals surface area (Å²) in [5.41, 5.74) is 2.54. The summed E-state index contributed by atoms with van der Waals surface area (Å²) in [5.74, 6) is 2.51. The summed E-state index contributed by atoms with van der Waals surface area (Å²) in [6.45, 7) is 2.97. The van der Waals surface area contributed by atoms with Crippen molar-refractivity contribution in [1.29, 1.82) is 0 Å². The van der Waals surface area contributed by atoms with Gasteiger partial charge < -0.3 is 4.74 Å². The number of nitrogens with zero attached hydrogens (tertiary/aromatic N) is 3. The van der Waals surface area contributed by atoms with E-state index in [2.05, 4.69) is 51.4 Å². The lowest BCUT2D eigenvalue weighted by Gasteiger charge is -2.31. The molecule has 1 saturated heterocycles. The number of aryl methyl sites for hydroxylation is 1.